The topological polar surface area (TPSA) is 96.3 Å². The number of imide groups is 1. The van der Waals surface area contributed by atoms with Gasteiger partial charge < -0.3 is 10.6 Å². The van der Waals surface area contributed by atoms with E-state index in [1.165, 1.54) is 0 Å². The van der Waals surface area contributed by atoms with Gasteiger partial charge in [0.1, 0.15) is 5.69 Å². The molecule has 158 valence electrons. The summed E-state index contributed by atoms with van der Waals surface area (Å²) < 4.78 is 1.68. The van der Waals surface area contributed by atoms with Crippen LogP contribution in [0.1, 0.15) is 21.5 Å². The number of carbonyl (C=O) groups excluding carboxylic acids is 3. The molecule has 0 bridgehead atoms. The molecule has 1 aliphatic heterocycles. The average molecular weight is 417 g/mol. The Hall–Kier alpha value is -3.94. The van der Waals surface area contributed by atoms with Crippen LogP contribution in [0.3, 0.4) is 0 Å². The van der Waals surface area contributed by atoms with E-state index in [9.17, 15) is 14.4 Å². The van der Waals surface area contributed by atoms with Crippen molar-refractivity contribution in [3.8, 4) is 16.9 Å². The van der Waals surface area contributed by atoms with Gasteiger partial charge in [-0.2, -0.15) is 5.10 Å². The fourth-order valence-electron chi connectivity index (χ4n) is 3.59. The van der Waals surface area contributed by atoms with Crippen molar-refractivity contribution in [2.45, 2.75) is 13.8 Å². The van der Waals surface area contributed by atoms with E-state index in [1.54, 1.807) is 10.9 Å². The summed E-state index contributed by atoms with van der Waals surface area (Å²) in [6, 6.07) is 15.1. The van der Waals surface area contributed by atoms with Crippen LogP contribution in [-0.2, 0) is 4.79 Å². The maximum Gasteiger partial charge on any atom is 0.324 e. The van der Waals surface area contributed by atoms with Gasteiger partial charge in [-0.1, -0.05) is 42.0 Å². The molecule has 8 nitrogen and oxygen atoms in total. The normalized spacial score (nSPS) is 13.4. The SMILES string of the molecule is Cc1ccc(-c2nn(-c3ccccc3)cc2C(=O)NCCN2C(=O)CNC2=O)c(C)c1. The van der Waals surface area contributed by atoms with Crippen LogP contribution in [0.5, 0.6) is 0 Å². The average Bonchev–Trinajstić information content (AvgIpc) is 3.33. The van der Waals surface area contributed by atoms with Crippen LogP contribution in [0.2, 0.25) is 0 Å². The summed E-state index contributed by atoms with van der Waals surface area (Å²) in [6.07, 6.45) is 1.70. The maximum atomic E-state index is 13.0. The predicted molar refractivity (Wildman–Crippen MR) is 116 cm³/mol. The highest BCUT2D eigenvalue weighted by atomic mass is 16.2. The maximum absolute atomic E-state index is 13.0. The summed E-state index contributed by atoms with van der Waals surface area (Å²) in [7, 11) is 0. The number of aryl methyl sites for hydroxylation is 2. The zero-order valence-corrected chi connectivity index (χ0v) is 17.4. The van der Waals surface area contributed by atoms with Crippen molar-refractivity contribution >= 4 is 17.8 Å². The summed E-state index contributed by atoms with van der Waals surface area (Å²) >= 11 is 0. The van der Waals surface area contributed by atoms with Crippen LogP contribution in [-0.4, -0.2) is 52.2 Å². The Morgan fingerprint density at radius 3 is 2.58 bits per heavy atom. The Morgan fingerprint density at radius 1 is 1.13 bits per heavy atom. The number of urea groups is 1. The summed E-state index contributed by atoms with van der Waals surface area (Å²) in [6.45, 7) is 4.27. The number of amides is 4. The quantitative estimate of drug-likeness (QED) is 0.602. The molecular formula is C23H23N5O3. The standard InChI is InChI=1S/C23H23N5O3/c1-15-8-9-18(16(2)12-15)21-19(14-28(26-21)17-6-4-3-5-7-17)22(30)24-10-11-27-20(29)13-25-23(27)31/h3-9,12,14H,10-11,13H2,1-2H3,(H,24,30)(H,25,31). The number of nitrogens with one attached hydrogen (secondary N) is 2. The second-order valence-corrected chi connectivity index (χ2v) is 7.45. The number of aromatic nitrogens is 2. The monoisotopic (exact) mass is 417 g/mol. The largest absolute Gasteiger partial charge is 0.350 e. The molecule has 4 amide bonds. The molecule has 0 saturated carbocycles. The minimum atomic E-state index is -0.438. The lowest BCUT2D eigenvalue weighted by molar-refractivity contribution is -0.124. The Kier molecular flexibility index (Phi) is 5.53. The van der Waals surface area contributed by atoms with Crippen molar-refractivity contribution in [2.24, 2.45) is 0 Å². The molecule has 1 saturated heterocycles. The van der Waals surface area contributed by atoms with Gasteiger partial charge in [-0.15, -0.1) is 0 Å². The molecule has 0 aliphatic carbocycles. The van der Waals surface area contributed by atoms with Crippen molar-refractivity contribution in [3.05, 3.63) is 71.4 Å². The van der Waals surface area contributed by atoms with E-state index in [0.717, 1.165) is 27.3 Å². The van der Waals surface area contributed by atoms with Gasteiger partial charge in [-0.3, -0.25) is 14.5 Å². The van der Waals surface area contributed by atoms with E-state index < -0.39 is 6.03 Å². The minimum absolute atomic E-state index is 0.00647. The first-order chi connectivity index (χ1) is 14.9. The van der Waals surface area contributed by atoms with Gasteiger partial charge in [0.2, 0.25) is 5.91 Å². The van der Waals surface area contributed by atoms with E-state index in [1.807, 2.05) is 56.3 Å². The third-order valence-electron chi connectivity index (χ3n) is 5.17. The Labute approximate surface area is 179 Å². The summed E-state index contributed by atoms with van der Waals surface area (Å²) in [4.78, 5) is 37.5. The number of rotatable bonds is 6. The van der Waals surface area contributed by atoms with Gasteiger partial charge in [-0.25, -0.2) is 9.48 Å². The zero-order chi connectivity index (χ0) is 22.0. The van der Waals surface area contributed by atoms with Crippen LogP contribution in [0, 0.1) is 13.8 Å². The van der Waals surface area contributed by atoms with Crippen molar-refractivity contribution < 1.29 is 14.4 Å². The van der Waals surface area contributed by atoms with Crippen LogP contribution in [0.15, 0.2) is 54.7 Å². The second kappa shape index (κ2) is 8.43. The number of benzene rings is 2. The van der Waals surface area contributed by atoms with Gasteiger partial charge >= 0.3 is 6.03 Å². The molecule has 2 heterocycles. The number of carbonyl (C=O) groups is 3. The molecule has 0 unspecified atom stereocenters. The van der Waals surface area contributed by atoms with Crippen molar-refractivity contribution in [1.82, 2.24) is 25.3 Å². The van der Waals surface area contributed by atoms with Gasteiger partial charge in [0.15, 0.2) is 0 Å². The molecule has 1 aliphatic rings. The van der Waals surface area contributed by atoms with Gasteiger partial charge in [-0.05, 0) is 31.5 Å². The molecule has 0 spiro atoms. The van der Waals surface area contributed by atoms with E-state index >= 15 is 0 Å². The first-order valence-corrected chi connectivity index (χ1v) is 10.0. The van der Waals surface area contributed by atoms with Gasteiger partial charge in [0.05, 0.1) is 17.8 Å². The van der Waals surface area contributed by atoms with E-state index in [2.05, 4.69) is 16.7 Å². The van der Waals surface area contributed by atoms with E-state index in [0.29, 0.717) is 11.3 Å². The molecule has 3 aromatic rings. The molecule has 0 radical (unpaired) electrons. The first kappa shape index (κ1) is 20.3. The zero-order valence-electron chi connectivity index (χ0n) is 17.4. The lowest BCUT2D eigenvalue weighted by Crippen LogP contribution is -2.38. The van der Waals surface area contributed by atoms with Gasteiger partial charge in [0.25, 0.3) is 5.91 Å². The third-order valence-corrected chi connectivity index (χ3v) is 5.17. The van der Waals surface area contributed by atoms with Crippen LogP contribution in [0.25, 0.3) is 16.9 Å². The predicted octanol–water partition coefficient (Wildman–Crippen LogP) is 2.44. The number of hydrogen-bond acceptors (Lipinski definition) is 4. The molecule has 8 heteroatoms. The van der Waals surface area contributed by atoms with Crippen LogP contribution < -0.4 is 10.6 Å². The highest BCUT2D eigenvalue weighted by Gasteiger charge is 2.28. The van der Waals surface area contributed by atoms with Crippen LogP contribution in [0.4, 0.5) is 4.79 Å². The first-order valence-electron chi connectivity index (χ1n) is 10.0. The Bertz CT molecular complexity index is 1140. The van der Waals surface area contributed by atoms with E-state index in [4.69, 9.17) is 5.10 Å². The molecule has 31 heavy (non-hydrogen) atoms. The summed E-state index contributed by atoms with van der Waals surface area (Å²) in [5.41, 5.74) is 4.86. The van der Waals surface area contributed by atoms with E-state index in [-0.39, 0.29) is 31.4 Å². The second-order valence-electron chi connectivity index (χ2n) is 7.45. The summed E-state index contributed by atoms with van der Waals surface area (Å²) in [5, 5.41) is 9.97. The highest BCUT2D eigenvalue weighted by molar-refractivity contribution is 6.02. The Balaban J connectivity index is 1.62. The molecule has 0 atom stereocenters. The third kappa shape index (κ3) is 4.18. The van der Waals surface area contributed by atoms with Crippen molar-refractivity contribution in [1.29, 1.82) is 0 Å². The summed E-state index contributed by atoms with van der Waals surface area (Å²) in [5.74, 6) is -0.615. The Morgan fingerprint density at radius 2 is 1.90 bits per heavy atom. The smallest absolute Gasteiger partial charge is 0.324 e. The fourth-order valence-corrected chi connectivity index (χ4v) is 3.59. The van der Waals surface area contributed by atoms with Crippen molar-refractivity contribution in [2.75, 3.05) is 19.6 Å². The number of para-hydroxylation sites is 1. The molecule has 2 N–H and O–H groups in total. The molecule has 1 fully saturated rings. The number of nitrogens with zero attached hydrogens (tertiary/aromatic N) is 3. The molecule has 2 aromatic carbocycles. The lowest BCUT2D eigenvalue weighted by Gasteiger charge is -2.13. The highest BCUT2D eigenvalue weighted by Crippen LogP contribution is 2.27. The molecule has 4 rings (SSSR count). The fraction of sp³-hybridized carbons (Fsp3) is 0.217. The van der Waals surface area contributed by atoms with Gasteiger partial charge in [0, 0.05) is 24.8 Å². The molecule has 1 aromatic heterocycles. The lowest BCUT2D eigenvalue weighted by atomic mass is 10.0. The van der Waals surface area contributed by atoms with Crippen molar-refractivity contribution in [3.63, 3.8) is 0 Å². The number of hydrogen-bond donors (Lipinski definition) is 2. The molecular weight excluding hydrogens is 394 g/mol. The van der Waals surface area contributed by atoms with Crippen LogP contribution >= 0.6 is 0 Å². The minimum Gasteiger partial charge on any atom is -0.350 e.